The van der Waals surface area contributed by atoms with Gasteiger partial charge in [-0.05, 0) is 144 Å². The smallest absolute Gasteiger partial charge is 0.0729 e. The van der Waals surface area contributed by atoms with Gasteiger partial charge in [-0.25, -0.2) is 0 Å². The Bertz CT molecular complexity index is 3300. The molecule has 2 aliphatic carbocycles. The first-order valence-corrected chi connectivity index (χ1v) is 24.3. The fraction of sp³-hybridized carbons (Fsp3) is 0.175. The van der Waals surface area contributed by atoms with Crippen molar-refractivity contribution in [3.63, 3.8) is 0 Å². The number of benzene rings is 9. The van der Waals surface area contributed by atoms with E-state index < -0.39 is 5.41 Å². The summed E-state index contributed by atoms with van der Waals surface area (Å²) >= 11 is 1.94. The van der Waals surface area contributed by atoms with Crippen LogP contribution in [0.5, 0.6) is 0 Å². The van der Waals surface area contributed by atoms with E-state index in [1.54, 1.807) is 0 Å². The Balaban J connectivity index is 1.17. The molecule has 0 spiro atoms. The van der Waals surface area contributed by atoms with Crippen molar-refractivity contribution in [2.75, 3.05) is 4.90 Å². The van der Waals surface area contributed by atoms with E-state index in [0.29, 0.717) is 0 Å². The number of hydrogen-bond acceptors (Lipinski definition) is 2. The lowest BCUT2D eigenvalue weighted by molar-refractivity contribution is 0.660. The number of rotatable bonds is 7. The van der Waals surface area contributed by atoms with E-state index in [1.807, 2.05) is 11.8 Å². The quantitative estimate of drug-likeness (QED) is 0.157. The molecule has 316 valence electrons. The van der Waals surface area contributed by atoms with Crippen LogP contribution in [0.15, 0.2) is 198 Å². The third kappa shape index (κ3) is 5.66. The standard InChI is InChI=1S/C63H53NS/c1-7-40-19-10-14-24-51(40)63(54-27-17-18-28-59(54)65-60-46-21-11-9-20-42(46)30-36-55(60)63)56-37-43(31-29-41(56)8-2)64(44-32-34-49-47-22-12-15-25-52(47)61(3,4)57(49)38-44)45-33-35-50-48-23-13-16-26-53(48)62(5,6)58(50)39-45/h9-39H,7-8H2,1-6H3. The Labute approximate surface area is 388 Å². The van der Waals surface area contributed by atoms with Gasteiger partial charge in [-0.2, -0.15) is 0 Å². The third-order valence-electron chi connectivity index (χ3n) is 15.4. The van der Waals surface area contributed by atoms with Crippen molar-refractivity contribution < 1.29 is 0 Å². The molecular weight excluding hydrogens is 803 g/mol. The molecule has 0 aromatic heterocycles. The van der Waals surface area contributed by atoms with Gasteiger partial charge in [0.1, 0.15) is 0 Å². The van der Waals surface area contributed by atoms with Crippen molar-refractivity contribution in [2.24, 2.45) is 0 Å². The van der Waals surface area contributed by atoms with E-state index in [1.165, 1.54) is 110 Å². The normalized spacial score (nSPS) is 16.8. The predicted octanol–water partition coefficient (Wildman–Crippen LogP) is 16.9. The third-order valence-corrected chi connectivity index (χ3v) is 16.6. The zero-order valence-corrected chi connectivity index (χ0v) is 39.0. The lowest BCUT2D eigenvalue weighted by Gasteiger charge is -2.44. The molecule has 1 heterocycles. The van der Waals surface area contributed by atoms with Crippen LogP contribution in [0.25, 0.3) is 33.0 Å². The zero-order valence-electron chi connectivity index (χ0n) is 38.2. The molecule has 2 heteroatoms. The number of fused-ring (bicyclic) bond motifs is 10. The van der Waals surface area contributed by atoms with Crippen LogP contribution in [0, 0.1) is 0 Å². The van der Waals surface area contributed by atoms with E-state index in [0.717, 1.165) is 18.5 Å². The number of aryl methyl sites for hydroxylation is 2. The lowest BCUT2D eigenvalue weighted by Crippen LogP contribution is -2.36. The molecule has 0 fully saturated rings. The summed E-state index contributed by atoms with van der Waals surface area (Å²) in [4.78, 5) is 5.22. The summed E-state index contributed by atoms with van der Waals surface area (Å²) in [5.74, 6) is 0. The van der Waals surface area contributed by atoms with Crippen LogP contribution in [0.1, 0.15) is 97.2 Å². The summed E-state index contributed by atoms with van der Waals surface area (Å²) in [6.45, 7) is 14.2. The Hall–Kier alpha value is -6.61. The maximum atomic E-state index is 2.58. The van der Waals surface area contributed by atoms with Crippen LogP contribution in [0.2, 0.25) is 0 Å². The average molecular weight is 856 g/mol. The molecule has 1 aliphatic heterocycles. The SMILES string of the molecule is CCc1ccccc1C1(c2cc(N(c3ccc4c(c3)C(C)(C)c3ccccc3-4)c3ccc4c(c3)C(C)(C)c3ccccc3-4)ccc2CC)c2ccccc2Sc2c1ccc1ccccc21. The van der Waals surface area contributed by atoms with Crippen LogP contribution in [-0.2, 0) is 29.1 Å². The first-order chi connectivity index (χ1) is 31.7. The molecular formula is C63H53NS. The van der Waals surface area contributed by atoms with Crippen LogP contribution in [-0.4, -0.2) is 0 Å². The van der Waals surface area contributed by atoms with Crippen LogP contribution in [0.3, 0.4) is 0 Å². The number of anilines is 3. The maximum Gasteiger partial charge on any atom is 0.0729 e. The summed E-state index contributed by atoms with van der Waals surface area (Å²) in [5, 5.41) is 2.58. The molecule has 9 aromatic rings. The van der Waals surface area contributed by atoms with Gasteiger partial charge in [0, 0.05) is 37.7 Å². The van der Waals surface area contributed by atoms with Crippen LogP contribution < -0.4 is 4.90 Å². The van der Waals surface area contributed by atoms with Crippen molar-refractivity contribution in [3.05, 3.63) is 244 Å². The summed E-state index contributed by atoms with van der Waals surface area (Å²) in [5.41, 5.74) is 21.6. The van der Waals surface area contributed by atoms with Gasteiger partial charge in [0.15, 0.2) is 0 Å². The van der Waals surface area contributed by atoms with Gasteiger partial charge < -0.3 is 4.90 Å². The molecule has 1 nitrogen and oxygen atoms in total. The first kappa shape index (κ1) is 39.9. The second-order valence-corrected chi connectivity index (χ2v) is 20.4. The van der Waals surface area contributed by atoms with Crippen molar-refractivity contribution in [2.45, 2.75) is 80.4 Å². The molecule has 9 aromatic carbocycles. The van der Waals surface area contributed by atoms with Crippen molar-refractivity contribution in [1.29, 1.82) is 0 Å². The van der Waals surface area contributed by atoms with Gasteiger partial charge in [-0.1, -0.05) is 199 Å². The van der Waals surface area contributed by atoms with E-state index in [-0.39, 0.29) is 10.8 Å². The highest BCUT2D eigenvalue weighted by atomic mass is 32.2. The van der Waals surface area contributed by atoms with Crippen molar-refractivity contribution in [1.82, 2.24) is 0 Å². The topological polar surface area (TPSA) is 3.24 Å². The van der Waals surface area contributed by atoms with E-state index in [2.05, 4.69) is 234 Å². The molecule has 0 N–H and O–H groups in total. The molecule has 0 bridgehead atoms. The Morgan fingerprint density at radius 3 is 1.49 bits per heavy atom. The molecule has 12 rings (SSSR count). The van der Waals surface area contributed by atoms with Crippen LogP contribution >= 0.6 is 11.8 Å². The molecule has 0 amide bonds. The van der Waals surface area contributed by atoms with E-state index >= 15 is 0 Å². The second kappa shape index (κ2) is 14.7. The second-order valence-electron chi connectivity index (χ2n) is 19.4. The van der Waals surface area contributed by atoms with E-state index in [4.69, 9.17) is 0 Å². The molecule has 0 radical (unpaired) electrons. The molecule has 0 saturated heterocycles. The highest BCUT2D eigenvalue weighted by Crippen LogP contribution is 2.60. The minimum atomic E-state index is -0.593. The van der Waals surface area contributed by atoms with Gasteiger partial charge in [0.2, 0.25) is 0 Å². The van der Waals surface area contributed by atoms with Crippen LogP contribution in [0.4, 0.5) is 17.1 Å². The fourth-order valence-corrected chi connectivity index (χ4v) is 13.5. The highest BCUT2D eigenvalue weighted by molar-refractivity contribution is 7.99. The van der Waals surface area contributed by atoms with Gasteiger partial charge in [0.25, 0.3) is 0 Å². The molecule has 1 unspecified atom stereocenters. The van der Waals surface area contributed by atoms with Crippen molar-refractivity contribution in [3.8, 4) is 22.3 Å². The molecule has 1 atom stereocenters. The van der Waals surface area contributed by atoms with Gasteiger partial charge in [-0.15, -0.1) is 0 Å². The highest BCUT2D eigenvalue weighted by Gasteiger charge is 2.47. The van der Waals surface area contributed by atoms with E-state index in [9.17, 15) is 0 Å². The van der Waals surface area contributed by atoms with Gasteiger partial charge in [0.05, 0.1) is 5.41 Å². The minimum Gasteiger partial charge on any atom is -0.310 e. The minimum absolute atomic E-state index is 0.143. The Morgan fingerprint density at radius 2 is 0.862 bits per heavy atom. The molecule has 0 saturated carbocycles. The predicted molar refractivity (Wildman–Crippen MR) is 275 cm³/mol. The van der Waals surface area contributed by atoms with Gasteiger partial charge in [-0.3, -0.25) is 0 Å². The Kier molecular flexibility index (Phi) is 9.04. The summed E-state index contributed by atoms with van der Waals surface area (Å²) < 4.78 is 0. The zero-order chi connectivity index (χ0) is 44.2. The largest absolute Gasteiger partial charge is 0.310 e. The lowest BCUT2D eigenvalue weighted by atomic mass is 9.62. The summed E-state index contributed by atoms with van der Waals surface area (Å²) in [6, 6.07) is 72.2. The Morgan fingerprint density at radius 1 is 0.385 bits per heavy atom. The first-order valence-electron chi connectivity index (χ1n) is 23.5. The number of nitrogens with zero attached hydrogens (tertiary/aromatic N) is 1. The number of hydrogen-bond donors (Lipinski definition) is 0. The molecule has 3 aliphatic rings. The summed E-state index contributed by atoms with van der Waals surface area (Å²) in [7, 11) is 0. The monoisotopic (exact) mass is 855 g/mol. The van der Waals surface area contributed by atoms with Crippen molar-refractivity contribution >= 4 is 39.6 Å². The summed E-state index contributed by atoms with van der Waals surface area (Å²) in [6.07, 6.45) is 1.84. The average Bonchev–Trinajstić information content (AvgIpc) is 3.72. The maximum absolute atomic E-state index is 2.58. The van der Waals surface area contributed by atoms with Gasteiger partial charge >= 0.3 is 0 Å². The molecule has 65 heavy (non-hydrogen) atoms. The fourth-order valence-electron chi connectivity index (χ4n) is 12.2.